The fraction of sp³-hybridized carbons (Fsp3) is 0.889. The van der Waals surface area contributed by atoms with Crippen molar-refractivity contribution in [1.82, 2.24) is 0 Å². The van der Waals surface area contributed by atoms with Gasteiger partial charge in [-0.15, -0.1) is 0 Å². The van der Waals surface area contributed by atoms with Crippen LogP contribution < -0.4 is 0 Å². The van der Waals surface area contributed by atoms with Crippen molar-refractivity contribution in [2.45, 2.75) is 51.1 Å². The Labute approximate surface area is 83.4 Å². The maximum absolute atomic E-state index is 11.6. The van der Waals surface area contributed by atoms with Gasteiger partial charge in [0.25, 0.3) is 0 Å². The molecule has 0 radical (unpaired) electrons. The Morgan fingerprint density at radius 3 is 1.23 bits per heavy atom. The van der Waals surface area contributed by atoms with Crippen LogP contribution in [0.15, 0.2) is 0 Å². The molecule has 0 saturated heterocycles. The van der Waals surface area contributed by atoms with Crippen LogP contribution in [0.1, 0.15) is 6.92 Å². The lowest BCUT2D eigenvalue weighted by atomic mass is 10.5. The quantitative estimate of drug-likeness (QED) is 0.736. The molecule has 0 fully saturated rings. The molecule has 0 aromatic carbocycles. The molecule has 0 aliphatic carbocycles. The monoisotopic (exact) mass is 218 g/mol. The molecule has 0 spiro atoms. The van der Waals surface area contributed by atoms with Crippen LogP contribution in [0.2, 0.25) is 39.3 Å². The molecule has 78 valence electrons. The molecule has 0 aliphatic heterocycles. The van der Waals surface area contributed by atoms with Gasteiger partial charge in [0.1, 0.15) is 4.85 Å². The Kier molecular flexibility index (Phi) is 3.34. The molecule has 0 aromatic rings. The minimum atomic E-state index is -1.84. The highest BCUT2D eigenvalue weighted by molar-refractivity contribution is 7.02. The summed E-state index contributed by atoms with van der Waals surface area (Å²) < 4.78 is 0. The minimum absolute atomic E-state index is 0.0363. The SMILES string of the molecule is CC(=O)C(O)([Si](C)(C)C)[Si](C)(C)C. The van der Waals surface area contributed by atoms with Gasteiger partial charge in [-0.05, 0) is 6.92 Å². The van der Waals surface area contributed by atoms with Crippen molar-refractivity contribution in [2.24, 2.45) is 0 Å². The Bertz CT molecular complexity index is 197. The third-order valence-corrected chi connectivity index (χ3v) is 12.2. The van der Waals surface area contributed by atoms with Gasteiger partial charge >= 0.3 is 0 Å². The molecule has 2 nitrogen and oxygen atoms in total. The van der Waals surface area contributed by atoms with Crippen LogP contribution in [-0.2, 0) is 4.79 Å². The smallest absolute Gasteiger partial charge is 0.154 e. The summed E-state index contributed by atoms with van der Waals surface area (Å²) in [5.41, 5.74) is 0. The maximum atomic E-state index is 11.6. The summed E-state index contributed by atoms with van der Waals surface area (Å²) >= 11 is 0. The van der Waals surface area contributed by atoms with E-state index in [-0.39, 0.29) is 5.78 Å². The average Bonchev–Trinajstić information content (AvgIpc) is 1.80. The first-order valence-corrected chi connectivity index (χ1v) is 11.7. The molecule has 0 rings (SSSR count). The average molecular weight is 218 g/mol. The van der Waals surface area contributed by atoms with E-state index in [1.165, 1.54) is 6.92 Å². The van der Waals surface area contributed by atoms with E-state index < -0.39 is 21.0 Å². The predicted octanol–water partition coefficient (Wildman–Crippen LogP) is 2.06. The summed E-state index contributed by atoms with van der Waals surface area (Å²) in [5, 5.41) is 10.5. The van der Waals surface area contributed by atoms with Gasteiger partial charge in [-0.1, -0.05) is 39.3 Å². The molecule has 0 aromatic heterocycles. The highest BCUT2D eigenvalue weighted by Gasteiger charge is 2.54. The lowest BCUT2D eigenvalue weighted by molar-refractivity contribution is -0.124. The first-order chi connectivity index (χ1) is 5.44. The summed E-state index contributed by atoms with van der Waals surface area (Å²) in [7, 11) is -3.68. The zero-order chi connectivity index (χ0) is 11.1. The molecule has 0 bridgehead atoms. The van der Waals surface area contributed by atoms with Crippen molar-refractivity contribution in [3.05, 3.63) is 0 Å². The number of carbonyl (C=O) groups is 1. The maximum Gasteiger partial charge on any atom is 0.154 e. The second-order valence-electron chi connectivity index (χ2n) is 5.77. The number of hydrogen-bond donors (Lipinski definition) is 1. The van der Waals surface area contributed by atoms with Crippen molar-refractivity contribution in [1.29, 1.82) is 0 Å². The van der Waals surface area contributed by atoms with E-state index in [2.05, 4.69) is 39.3 Å². The van der Waals surface area contributed by atoms with Gasteiger partial charge < -0.3 is 5.11 Å². The number of aliphatic hydroxyl groups is 1. The third kappa shape index (κ3) is 2.11. The van der Waals surface area contributed by atoms with E-state index in [9.17, 15) is 9.90 Å². The van der Waals surface area contributed by atoms with Crippen LogP contribution in [0.25, 0.3) is 0 Å². The van der Waals surface area contributed by atoms with Crippen molar-refractivity contribution >= 4 is 21.9 Å². The second-order valence-corrected chi connectivity index (χ2v) is 16.7. The second kappa shape index (κ2) is 3.33. The molecule has 0 amide bonds. The zero-order valence-electron chi connectivity index (χ0n) is 9.86. The topological polar surface area (TPSA) is 37.3 Å². The van der Waals surface area contributed by atoms with E-state index in [4.69, 9.17) is 0 Å². The summed E-state index contributed by atoms with van der Waals surface area (Å²) in [6.07, 6.45) is 0. The van der Waals surface area contributed by atoms with E-state index in [0.717, 1.165) is 0 Å². The predicted molar refractivity (Wildman–Crippen MR) is 62.3 cm³/mol. The molecule has 0 heterocycles. The van der Waals surface area contributed by atoms with Crippen LogP contribution in [0.4, 0.5) is 0 Å². The van der Waals surface area contributed by atoms with Crippen molar-refractivity contribution in [3.8, 4) is 0 Å². The van der Waals surface area contributed by atoms with Crippen LogP contribution in [-0.4, -0.2) is 31.9 Å². The Morgan fingerprint density at radius 1 is 1.00 bits per heavy atom. The van der Waals surface area contributed by atoms with Gasteiger partial charge in [-0.2, -0.15) is 0 Å². The minimum Gasteiger partial charge on any atom is -0.389 e. The van der Waals surface area contributed by atoms with Gasteiger partial charge in [0.05, 0.1) is 16.1 Å². The zero-order valence-corrected chi connectivity index (χ0v) is 11.9. The summed E-state index contributed by atoms with van der Waals surface area (Å²) in [5.74, 6) is -0.0363. The molecular formula is C9H22O2Si2. The molecule has 13 heavy (non-hydrogen) atoms. The molecule has 0 aliphatic rings. The van der Waals surface area contributed by atoms with Crippen LogP contribution >= 0.6 is 0 Å². The summed E-state index contributed by atoms with van der Waals surface area (Å²) in [6, 6.07) is 0. The standard InChI is InChI=1S/C9H22O2Si2/c1-8(10)9(11,12(2,3)4)13(5,6)7/h11H,1-7H3. The highest BCUT2D eigenvalue weighted by atomic mass is 28.4. The highest BCUT2D eigenvalue weighted by Crippen LogP contribution is 2.31. The molecule has 1 N–H and O–H groups in total. The van der Waals surface area contributed by atoms with E-state index in [1.54, 1.807) is 0 Å². The molecule has 4 heteroatoms. The number of Topliss-reactive ketones (excluding diaryl/α,β-unsaturated/α-hetero) is 1. The lowest BCUT2D eigenvalue weighted by Gasteiger charge is -2.45. The largest absolute Gasteiger partial charge is 0.389 e. The number of hydrogen-bond acceptors (Lipinski definition) is 2. The van der Waals surface area contributed by atoms with Crippen LogP contribution in [0, 0.1) is 0 Å². The fourth-order valence-electron chi connectivity index (χ4n) is 2.18. The molecular weight excluding hydrogens is 196 g/mol. The molecule has 0 atom stereocenters. The van der Waals surface area contributed by atoms with Crippen molar-refractivity contribution < 1.29 is 9.90 Å². The molecule has 0 unspecified atom stereocenters. The van der Waals surface area contributed by atoms with Crippen molar-refractivity contribution in [2.75, 3.05) is 0 Å². The Morgan fingerprint density at radius 2 is 1.23 bits per heavy atom. The van der Waals surface area contributed by atoms with E-state index in [1.807, 2.05) is 0 Å². The van der Waals surface area contributed by atoms with Gasteiger partial charge in [-0.3, -0.25) is 4.79 Å². The number of rotatable bonds is 3. The van der Waals surface area contributed by atoms with Crippen molar-refractivity contribution in [3.63, 3.8) is 0 Å². The van der Waals surface area contributed by atoms with Gasteiger partial charge in [0.15, 0.2) is 5.78 Å². The summed E-state index contributed by atoms with van der Waals surface area (Å²) in [4.78, 5) is 10.6. The normalized spacial score (nSPS) is 14.5. The van der Waals surface area contributed by atoms with E-state index in [0.29, 0.717) is 0 Å². The molecule has 0 saturated carbocycles. The van der Waals surface area contributed by atoms with Gasteiger partial charge in [0.2, 0.25) is 0 Å². The number of carbonyl (C=O) groups excluding carboxylic acids is 1. The van der Waals surface area contributed by atoms with Crippen LogP contribution in [0.3, 0.4) is 0 Å². The van der Waals surface area contributed by atoms with E-state index >= 15 is 0 Å². The first-order valence-electron chi connectivity index (χ1n) is 4.68. The fourth-order valence-corrected chi connectivity index (χ4v) is 13.3. The van der Waals surface area contributed by atoms with Gasteiger partial charge in [-0.25, -0.2) is 0 Å². The lowest BCUT2D eigenvalue weighted by Crippen LogP contribution is -2.70. The summed E-state index contributed by atoms with van der Waals surface area (Å²) in [6.45, 7) is 13.9. The third-order valence-electron chi connectivity index (χ3n) is 2.68. The van der Waals surface area contributed by atoms with Crippen LogP contribution in [0.5, 0.6) is 0 Å². The Hall–Kier alpha value is 0.0638. The Balaban J connectivity index is 5.35. The number of ketones is 1. The van der Waals surface area contributed by atoms with Gasteiger partial charge in [0, 0.05) is 0 Å². The first kappa shape index (κ1) is 13.1.